The summed E-state index contributed by atoms with van der Waals surface area (Å²) in [4.78, 5) is 12.1. The lowest BCUT2D eigenvalue weighted by Gasteiger charge is -2.20. The molecule has 1 aromatic carbocycles. The second kappa shape index (κ2) is 7.24. The highest BCUT2D eigenvalue weighted by Crippen LogP contribution is 2.12. The molecule has 19 heavy (non-hydrogen) atoms. The van der Waals surface area contributed by atoms with Crippen molar-refractivity contribution in [3.8, 4) is 0 Å². The van der Waals surface area contributed by atoms with Crippen LogP contribution in [0.2, 0.25) is 0 Å². The summed E-state index contributed by atoms with van der Waals surface area (Å²) in [6.45, 7) is 6.88. The first-order chi connectivity index (χ1) is 8.95. The summed E-state index contributed by atoms with van der Waals surface area (Å²) in [6, 6.07) is 4.90. The molecular weight excluding hydrogens is 243 g/mol. The fraction of sp³-hybridized carbons (Fsp3) is 0.533. The molecule has 1 rings (SSSR count). The van der Waals surface area contributed by atoms with Gasteiger partial charge in [-0.1, -0.05) is 26.0 Å². The van der Waals surface area contributed by atoms with Crippen LogP contribution in [0.3, 0.4) is 0 Å². The minimum Gasteiger partial charge on any atom is -0.352 e. The summed E-state index contributed by atoms with van der Waals surface area (Å²) in [7, 11) is 1.84. The van der Waals surface area contributed by atoms with Crippen molar-refractivity contribution in [2.45, 2.75) is 27.3 Å². The molecule has 1 amide bonds. The summed E-state index contributed by atoms with van der Waals surface area (Å²) in [5, 5.41) is 5.94. The van der Waals surface area contributed by atoms with Crippen molar-refractivity contribution in [1.82, 2.24) is 10.6 Å². The van der Waals surface area contributed by atoms with Gasteiger partial charge in [-0.15, -0.1) is 0 Å². The van der Waals surface area contributed by atoms with Crippen LogP contribution in [0.25, 0.3) is 0 Å². The van der Waals surface area contributed by atoms with Gasteiger partial charge in [-0.2, -0.15) is 0 Å². The zero-order chi connectivity index (χ0) is 14.4. The van der Waals surface area contributed by atoms with Crippen molar-refractivity contribution < 1.29 is 9.18 Å². The third kappa shape index (κ3) is 4.63. The van der Waals surface area contributed by atoms with E-state index in [1.807, 2.05) is 20.9 Å². The minimum atomic E-state index is -0.217. The van der Waals surface area contributed by atoms with Gasteiger partial charge in [0.05, 0.1) is 5.92 Å². The van der Waals surface area contributed by atoms with E-state index in [1.54, 1.807) is 19.1 Å². The molecule has 0 aromatic heterocycles. The Labute approximate surface area is 114 Å². The summed E-state index contributed by atoms with van der Waals surface area (Å²) < 4.78 is 13.1. The van der Waals surface area contributed by atoms with Gasteiger partial charge in [0.2, 0.25) is 5.91 Å². The smallest absolute Gasteiger partial charge is 0.224 e. The van der Waals surface area contributed by atoms with Gasteiger partial charge in [0.1, 0.15) is 5.82 Å². The third-order valence-corrected chi connectivity index (χ3v) is 3.25. The zero-order valence-electron chi connectivity index (χ0n) is 12.1. The van der Waals surface area contributed by atoms with E-state index >= 15 is 0 Å². The van der Waals surface area contributed by atoms with Crippen LogP contribution in [0.5, 0.6) is 0 Å². The number of halogens is 1. The molecule has 4 heteroatoms. The number of hydrogen-bond acceptors (Lipinski definition) is 2. The van der Waals surface area contributed by atoms with Crippen LogP contribution in [-0.2, 0) is 11.3 Å². The SMILES string of the molecule is CNCC(C(=O)NCc1ccc(F)c(C)c1)C(C)C. The predicted octanol–water partition coefficient (Wildman–Crippen LogP) is 2.24. The lowest BCUT2D eigenvalue weighted by molar-refractivity contribution is -0.126. The van der Waals surface area contributed by atoms with Crippen molar-refractivity contribution in [3.05, 3.63) is 35.1 Å². The Balaban J connectivity index is 2.59. The van der Waals surface area contributed by atoms with E-state index in [0.29, 0.717) is 18.7 Å². The standard InChI is InChI=1S/C15H23FN2O/c1-10(2)13(9-17-4)15(19)18-8-12-5-6-14(16)11(3)7-12/h5-7,10,13,17H,8-9H2,1-4H3,(H,18,19). The second-order valence-corrected chi connectivity index (χ2v) is 5.21. The van der Waals surface area contributed by atoms with Crippen molar-refractivity contribution in [3.63, 3.8) is 0 Å². The van der Waals surface area contributed by atoms with E-state index in [4.69, 9.17) is 0 Å². The van der Waals surface area contributed by atoms with Crippen LogP contribution in [0, 0.1) is 24.6 Å². The molecule has 0 radical (unpaired) electrons. The van der Waals surface area contributed by atoms with E-state index in [0.717, 1.165) is 5.56 Å². The maximum Gasteiger partial charge on any atom is 0.224 e. The Morgan fingerprint density at radius 1 is 1.37 bits per heavy atom. The Bertz CT molecular complexity index is 432. The Kier molecular flexibility index (Phi) is 5.96. The molecule has 0 aliphatic heterocycles. The monoisotopic (exact) mass is 266 g/mol. The molecule has 0 heterocycles. The van der Waals surface area contributed by atoms with Crippen LogP contribution >= 0.6 is 0 Å². The zero-order valence-corrected chi connectivity index (χ0v) is 12.1. The van der Waals surface area contributed by atoms with Crippen LogP contribution in [0.1, 0.15) is 25.0 Å². The van der Waals surface area contributed by atoms with E-state index < -0.39 is 0 Å². The summed E-state index contributed by atoms with van der Waals surface area (Å²) >= 11 is 0. The number of benzene rings is 1. The number of rotatable bonds is 6. The van der Waals surface area contributed by atoms with Gasteiger partial charge in [-0.25, -0.2) is 4.39 Å². The van der Waals surface area contributed by atoms with Crippen LogP contribution in [0.15, 0.2) is 18.2 Å². The van der Waals surface area contributed by atoms with Crippen LogP contribution < -0.4 is 10.6 Å². The fourth-order valence-corrected chi connectivity index (χ4v) is 1.99. The van der Waals surface area contributed by atoms with Crippen molar-refractivity contribution in [2.24, 2.45) is 11.8 Å². The van der Waals surface area contributed by atoms with Gasteiger partial charge in [-0.05, 0) is 37.1 Å². The highest BCUT2D eigenvalue weighted by Gasteiger charge is 2.20. The highest BCUT2D eigenvalue weighted by molar-refractivity contribution is 5.79. The molecule has 106 valence electrons. The quantitative estimate of drug-likeness (QED) is 0.829. The number of hydrogen-bond donors (Lipinski definition) is 2. The molecule has 0 saturated heterocycles. The predicted molar refractivity (Wildman–Crippen MR) is 75.2 cm³/mol. The van der Waals surface area contributed by atoms with Gasteiger partial charge >= 0.3 is 0 Å². The van der Waals surface area contributed by atoms with Crippen molar-refractivity contribution >= 4 is 5.91 Å². The number of amides is 1. The third-order valence-electron chi connectivity index (χ3n) is 3.25. The molecule has 0 saturated carbocycles. The normalized spacial score (nSPS) is 12.5. The molecule has 3 nitrogen and oxygen atoms in total. The lowest BCUT2D eigenvalue weighted by Crippen LogP contribution is -2.38. The molecule has 1 unspecified atom stereocenters. The van der Waals surface area contributed by atoms with Gasteiger partial charge in [0.25, 0.3) is 0 Å². The lowest BCUT2D eigenvalue weighted by atomic mass is 9.95. The van der Waals surface area contributed by atoms with E-state index in [1.165, 1.54) is 6.07 Å². The number of aryl methyl sites for hydroxylation is 1. The van der Waals surface area contributed by atoms with Gasteiger partial charge in [0.15, 0.2) is 0 Å². The minimum absolute atomic E-state index is 0.0336. The summed E-state index contributed by atoms with van der Waals surface area (Å²) in [5.74, 6) is 0.0468. The van der Waals surface area contributed by atoms with Crippen molar-refractivity contribution in [1.29, 1.82) is 0 Å². The fourth-order valence-electron chi connectivity index (χ4n) is 1.99. The van der Waals surface area contributed by atoms with Crippen LogP contribution in [-0.4, -0.2) is 19.5 Å². The van der Waals surface area contributed by atoms with Gasteiger partial charge in [-0.3, -0.25) is 4.79 Å². The number of carbonyl (C=O) groups excluding carboxylic acids is 1. The Hall–Kier alpha value is -1.42. The molecule has 0 bridgehead atoms. The molecule has 0 spiro atoms. The molecule has 1 aromatic rings. The Morgan fingerprint density at radius 2 is 2.05 bits per heavy atom. The first-order valence-corrected chi connectivity index (χ1v) is 6.63. The first-order valence-electron chi connectivity index (χ1n) is 6.63. The number of nitrogens with one attached hydrogen (secondary N) is 2. The highest BCUT2D eigenvalue weighted by atomic mass is 19.1. The molecular formula is C15H23FN2O. The molecule has 1 atom stereocenters. The van der Waals surface area contributed by atoms with E-state index in [9.17, 15) is 9.18 Å². The average Bonchev–Trinajstić information content (AvgIpc) is 2.36. The Morgan fingerprint density at radius 3 is 2.58 bits per heavy atom. The van der Waals surface area contributed by atoms with E-state index in [2.05, 4.69) is 10.6 Å². The summed E-state index contributed by atoms with van der Waals surface area (Å²) in [5.41, 5.74) is 1.52. The van der Waals surface area contributed by atoms with Gasteiger partial charge < -0.3 is 10.6 Å². The maximum atomic E-state index is 13.1. The first kappa shape index (κ1) is 15.6. The molecule has 0 aliphatic rings. The largest absolute Gasteiger partial charge is 0.352 e. The maximum absolute atomic E-state index is 13.1. The second-order valence-electron chi connectivity index (χ2n) is 5.21. The van der Waals surface area contributed by atoms with Crippen LogP contribution in [0.4, 0.5) is 4.39 Å². The van der Waals surface area contributed by atoms with E-state index in [-0.39, 0.29) is 23.6 Å². The molecule has 0 fully saturated rings. The van der Waals surface area contributed by atoms with Gasteiger partial charge in [0, 0.05) is 13.1 Å². The summed E-state index contributed by atoms with van der Waals surface area (Å²) in [6.07, 6.45) is 0. The number of carbonyl (C=O) groups is 1. The average molecular weight is 266 g/mol. The van der Waals surface area contributed by atoms with Crippen molar-refractivity contribution in [2.75, 3.05) is 13.6 Å². The molecule has 2 N–H and O–H groups in total. The topological polar surface area (TPSA) is 41.1 Å². The molecule has 0 aliphatic carbocycles.